The van der Waals surface area contributed by atoms with Crippen molar-refractivity contribution < 1.29 is 9.84 Å². The van der Waals surface area contributed by atoms with Crippen LogP contribution in [0.5, 0.6) is 0 Å². The number of nitrogens with one attached hydrogen (secondary N) is 1. The number of ether oxygens (including phenoxy) is 1. The van der Waals surface area contributed by atoms with Crippen LogP contribution in [0.1, 0.15) is 47.0 Å². The van der Waals surface area contributed by atoms with Gasteiger partial charge >= 0.3 is 0 Å². The summed E-state index contributed by atoms with van der Waals surface area (Å²) in [4.78, 5) is 0. The van der Waals surface area contributed by atoms with E-state index in [4.69, 9.17) is 4.74 Å². The van der Waals surface area contributed by atoms with Crippen molar-refractivity contribution in [2.24, 2.45) is 11.3 Å². The minimum absolute atomic E-state index is 0.0989. The van der Waals surface area contributed by atoms with E-state index in [0.717, 1.165) is 32.6 Å². The summed E-state index contributed by atoms with van der Waals surface area (Å²) in [5, 5.41) is 13.3. The summed E-state index contributed by atoms with van der Waals surface area (Å²) in [6.07, 6.45) is 3.37. The third-order valence-corrected chi connectivity index (χ3v) is 3.71. The van der Waals surface area contributed by atoms with E-state index in [0.29, 0.717) is 11.3 Å². The van der Waals surface area contributed by atoms with Crippen LogP contribution in [0.25, 0.3) is 0 Å². The average molecular weight is 243 g/mol. The van der Waals surface area contributed by atoms with Crippen molar-refractivity contribution in [3.05, 3.63) is 0 Å². The molecule has 0 amide bonds. The van der Waals surface area contributed by atoms with E-state index in [2.05, 4.69) is 26.1 Å². The molecular formula is C14H29NO2. The molecule has 3 nitrogen and oxygen atoms in total. The maximum atomic E-state index is 9.74. The highest BCUT2D eigenvalue weighted by molar-refractivity contribution is 4.98. The predicted octanol–water partition coefficient (Wildman–Crippen LogP) is 2.19. The van der Waals surface area contributed by atoms with Gasteiger partial charge in [-0.2, -0.15) is 0 Å². The maximum absolute atomic E-state index is 9.74. The fourth-order valence-electron chi connectivity index (χ4n) is 3.59. The molecule has 1 aliphatic carbocycles. The quantitative estimate of drug-likeness (QED) is 0.703. The minimum atomic E-state index is -0.0989. The molecule has 0 spiro atoms. The molecule has 2 N–H and O–H groups in total. The number of rotatable bonds is 6. The predicted molar refractivity (Wildman–Crippen MR) is 71.1 cm³/mol. The van der Waals surface area contributed by atoms with Gasteiger partial charge in [0.15, 0.2) is 0 Å². The van der Waals surface area contributed by atoms with Crippen molar-refractivity contribution in [2.75, 3.05) is 26.4 Å². The van der Waals surface area contributed by atoms with E-state index < -0.39 is 0 Å². The second-order valence-electron chi connectivity index (χ2n) is 6.42. The molecule has 0 heterocycles. The van der Waals surface area contributed by atoms with Gasteiger partial charge in [-0.15, -0.1) is 0 Å². The van der Waals surface area contributed by atoms with Gasteiger partial charge in [0.25, 0.3) is 0 Å². The van der Waals surface area contributed by atoms with Crippen molar-refractivity contribution in [3.63, 3.8) is 0 Å². The van der Waals surface area contributed by atoms with Crippen LogP contribution < -0.4 is 5.32 Å². The zero-order valence-corrected chi connectivity index (χ0v) is 11.9. The van der Waals surface area contributed by atoms with Gasteiger partial charge in [0.05, 0.1) is 13.2 Å². The molecule has 0 aromatic rings. The van der Waals surface area contributed by atoms with Gasteiger partial charge in [0, 0.05) is 18.7 Å². The van der Waals surface area contributed by atoms with Crippen LogP contribution in [0, 0.1) is 11.3 Å². The lowest BCUT2D eigenvalue weighted by Crippen LogP contribution is -2.55. The van der Waals surface area contributed by atoms with Crippen molar-refractivity contribution in [1.29, 1.82) is 0 Å². The summed E-state index contributed by atoms with van der Waals surface area (Å²) in [5.74, 6) is 0.672. The van der Waals surface area contributed by atoms with Gasteiger partial charge < -0.3 is 15.2 Å². The summed E-state index contributed by atoms with van der Waals surface area (Å²) in [6, 6.07) is 0. The first-order valence-electron chi connectivity index (χ1n) is 6.87. The topological polar surface area (TPSA) is 41.5 Å². The highest BCUT2D eigenvalue weighted by Gasteiger charge is 2.41. The van der Waals surface area contributed by atoms with Crippen molar-refractivity contribution in [1.82, 2.24) is 5.32 Å². The Labute approximate surface area is 106 Å². The summed E-state index contributed by atoms with van der Waals surface area (Å²) in [5.41, 5.74) is 0.220. The molecule has 1 rings (SSSR count). The van der Waals surface area contributed by atoms with Crippen molar-refractivity contribution in [2.45, 2.75) is 52.5 Å². The van der Waals surface area contributed by atoms with Crippen molar-refractivity contribution >= 4 is 0 Å². The van der Waals surface area contributed by atoms with E-state index in [1.54, 1.807) is 0 Å². The monoisotopic (exact) mass is 243 g/mol. The summed E-state index contributed by atoms with van der Waals surface area (Å²) >= 11 is 0. The molecule has 17 heavy (non-hydrogen) atoms. The third-order valence-electron chi connectivity index (χ3n) is 3.71. The van der Waals surface area contributed by atoms with E-state index in [9.17, 15) is 5.11 Å². The smallest absolute Gasteiger partial charge is 0.0613 e. The molecule has 0 radical (unpaired) electrons. The largest absolute Gasteiger partial charge is 0.394 e. The van der Waals surface area contributed by atoms with Gasteiger partial charge in [-0.3, -0.25) is 0 Å². The lowest BCUT2D eigenvalue weighted by atomic mass is 9.64. The Hall–Kier alpha value is -0.120. The number of aliphatic hydroxyl groups excluding tert-OH is 1. The normalized spacial score (nSPS) is 32.6. The Bertz CT molecular complexity index is 230. The number of hydrogen-bond acceptors (Lipinski definition) is 3. The highest BCUT2D eigenvalue weighted by Crippen LogP contribution is 2.43. The van der Waals surface area contributed by atoms with Crippen molar-refractivity contribution in [3.8, 4) is 0 Å². The number of aliphatic hydroxyl groups is 1. The molecule has 2 unspecified atom stereocenters. The first kappa shape index (κ1) is 14.9. The SMILES string of the molecule is CCOCCNC1(CO)CC(C)CC(C)(C)C1. The average Bonchev–Trinajstić information content (AvgIpc) is 2.22. The molecule has 102 valence electrons. The van der Waals surface area contributed by atoms with E-state index in [1.165, 1.54) is 6.42 Å². The lowest BCUT2D eigenvalue weighted by molar-refractivity contribution is 0.0299. The lowest BCUT2D eigenvalue weighted by Gasteiger charge is -2.47. The Kier molecular flexibility index (Phi) is 5.42. The second kappa shape index (κ2) is 6.17. The van der Waals surface area contributed by atoms with E-state index in [1.807, 2.05) is 6.92 Å². The number of hydrogen-bond donors (Lipinski definition) is 2. The fourth-order valence-corrected chi connectivity index (χ4v) is 3.59. The molecule has 1 saturated carbocycles. The molecule has 3 heteroatoms. The van der Waals surface area contributed by atoms with Crippen LogP contribution >= 0.6 is 0 Å². The molecule has 2 atom stereocenters. The van der Waals surface area contributed by atoms with E-state index >= 15 is 0 Å². The first-order valence-corrected chi connectivity index (χ1v) is 6.87. The van der Waals surface area contributed by atoms with Crippen LogP contribution in [0.4, 0.5) is 0 Å². The molecule has 0 aromatic heterocycles. The van der Waals surface area contributed by atoms with Crippen LogP contribution in [-0.4, -0.2) is 37.0 Å². The molecule has 0 aliphatic heterocycles. The first-order chi connectivity index (χ1) is 7.93. The second-order valence-corrected chi connectivity index (χ2v) is 6.42. The highest BCUT2D eigenvalue weighted by atomic mass is 16.5. The molecule has 0 bridgehead atoms. The Morgan fingerprint density at radius 2 is 2.06 bits per heavy atom. The minimum Gasteiger partial charge on any atom is -0.394 e. The summed E-state index contributed by atoms with van der Waals surface area (Å²) < 4.78 is 5.35. The van der Waals surface area contributed by atoms with Crippen LogP contribution in [0.2, 0.25) is 0 Å². The molecular weight excluding hydrogens is 214 g/mol. The van der Waals surface area contributed by atoms with Crippen LogP contribution in [0.3, 0.4) is 0 Å². The van der Waals surface area contributed by atoms with Crippen LogP contribution in [0.15, 0.2) is 0 Å². The summed E-state index contributed by atoms with van der Waals surface area (Å²) in [6.45, 7) is 11.4. The Morgan fingerprint density at radius 3 is 2.59 bits per heavy atom. The van der Waals surface area contributed by atoms with Gasteiger partial charge in [0.1, 0.15) is 0 Å². The fraction of sp³-hybridized carbons (Fsp3) is 1.00. The maximum Gasteiger partial charge on any atom is 0.0613 e. The molecule has 0 saturated heterocycles. The van der Waals surface area contributed by atoms with Gasteiger partial charge in [-0.25, -0.2) is 0 Å². The third kappa shape index (κ3) is 4.57. The molecule has 0 aromatic carbocycles. The van der Waals surface area contributed by atoms with Gasteiger partial charge in [0.2, 0.25) is 0 Å². The molecule has 1 aliphatic rings. The summed E-state index contributed by atoms with van der Waals surface area (Å²) in [7, 11) is 0. The Morgan fingerprint density at radius 1 is 1.35 bits per heavy atom. The van der Waals surface area contributed by atoms with Gasteiger partial charge in [-0.1, -0.05) is 20.8 Å². The van der Waals surface area contributed by atoms with Gasteiger partial charge in [-0.05, 0) is 37.5 Å². The Balaban J connectivity index is 2.54. The van der Waals surface area contributed by atoms with Crippen LogP contribution in [-0.2, 0) is 4.74 Å². The zero-order chi connectivity index (χ0) is 12.9. The van der Waals surface area contributed by atoms with E-state index in [-0.39, 0.29) is 12.1 Å². The molecule has 1 fully saturated rings. The zero-order valence-electron chi connectivity index (χ0n) is 11.9. The standard InChI is InChI=1S/C14H29NO2/c1-5-17-7-6-15-14(11-16)9-12(2)8-13(3,4)10-14/h12,15-16H,5-11H2,1-4H3.